The van der Waals surface area contributed by atoms with Crippen molar-refractivity contribution >= 4 is 17.7 Å². The van der Waals surface area contributed by atoms with Gasteiger partial charge in [-0.05, 0) is 13.3 Å². The molecular weight excluding hydrogens is 208 g/mol. The van der Waals surface area contributed by atoms with Crippen molar-refractivity contribution in [3.63, 3.8) is 0 Å². The lowest BCUT2D eigenvalue weighted by atomic mass is 10.1. The van der Waals surface area contributed by atoms with E-state index in [-0.39, 0.29) is 18.2 Å². The van der Waals surface area contributed by atoms with Crippen LogP contribution in [0.15, 0.2) is 24.3 Å². The van der Waals surface area contributed by atoms with E-state index in [0.717, 1.165) is 0 Å². The minimum absolute atomic E-state index is 0.259. The highest BCUT2D eigenvalue weighted by Crippen LogP contribution is 2.03. The number of allylic oxidation sites excluding steroid dienone is 3. The van der Waals surface area contributed by atoms with Crippen LogP contribution in [0, 0.1) is 0 Å². The molecule has 5 nitrogen and oxygen atoms in total. The lowest BCUT2D eigenvalue weighted by Gasteiger charge is -2.20. The summed E-state index contributed by atoms with van der Waals surface area (Å²) in [4.78, 5) is 33.4. The minimum atomic E-state index is -0.611. The first kappa shape index (κ1) is 12.2. The van der Waals surface area contributed by atoms with Gasteiger partial charge in [0.15, 0.2) is 0 Å². The van der Waals surface area contributed by atoms with Crippen LogP contribution in [-0.4, -0.2) is 23.8 Å². The van der Waals surface area contributed by atoms with Crippen molar-refractivity contribution < 1.29 is 14.4 Å². The highest BCUT2D eigenvalue weighted by Gasteiger charge is 2.26. The van der Waals surface area contributed by atoms with E-state index in [4.69, 9.17) is 0 Å². The molecule has 1 rings (SSSR count). The molecule has 0 aromatic carbocycles. The van der Waals surface area contributed by atoms with Gasteiger partial charge in [0.05, 0.1) is 0 Å². The van der Waals surface area contributed by atoms with E-state index in [0.29, 0.717) is 6.42 Å². The number of nitrogens with one attached hydrogen (secondary N) is 2. The second-order valence-electron chi connectivity index (χ2n) is 3.40. The number of imide groups is 1. The van der Waals surface area contributed by atoms with Crippen LogP contribution in [-0.2, 0) is 14.4 Å². The summed E-state index contributed by atoms with van der Waals surface area (Å²) in [7, 11) is 0. The number of hydrogen-bond donors (Lipinski definition) is 2. The zero-order valence-electron chi connectivity index (χ0n) is 9.03. The van der Waals surface area contributed by atoms with Crippen molar-refractivity contribution in [1.29, 1.82) is 0 Å². The first-order chi connectivity index (χ1) is 7.63. The molecule has 86 valence electrons. The third-order valence-electron chi connectivity index (χ3n) is 2.11. The zero-order chi connectivity index (χ0) is 12.0. The van der Waals surface area contributed by atoms with E-state index in [9.17, 15) is 14.4 Å². The standard InChI is InChI=1S/C11H14N2O3/c1-2-3-4-5-9(14)12-8-6-7-10(15)13-11(8)16/h2-5,8H,6-7H2,1H3,(H,12,14)(H,13,15,16). The molecule has 5 heteroatoms. The van der Waals surface area contributed by atoms with Gasteiger partial charge in [-0.2, -0.15) is 0 Å². The molecule has 3 amide bonds. The van der Waals surface area contributed by atoms with E-state index in [1.807, 2.05) is 6.92 Å². The lowest BCUT2D eigenvalue weighted by molar-refractivity contribution is -0.136. The molecule has 2 N–H and O–H groups in total. The Kier molecular flexibility index (Phi) is 4.44. The minimum Gasteiger partial charge on any atom is -0.341 e. The summed E-state index contributed by atoms with van der Waals surface area (Å²) >= 11 is 0. The van der Waals surface area contributed by atoms with Crippen LogP contribution in [0.5, 0.6) is 0 Å². The zero-order valence-corrected chi connectivity index (χ0v) is 9.03. The average molecular weight is 222 g/mol. The molecule has 0 spiro atoms. The van der Waals surface area contributed by atoms with Crippen molar-refractivity contribution in [3.05, 3.63) is 24.3 Å². The Balaban J connectivity index is 2.45. The van der Waals surface area contributed by atoms with Crippen molar-refractivity contribution in [2.24, 2.45) is 0 Å². The molecule has 1 unspecified atom stereocenters. The van der Waals surface area contributed by atoms with Crippen LogP contribution >= 0.6 is 0 Å². The molecule has 16 heavy (non-hydrogen) atoms. The molecule has 0 radical (unpaired) electrons. The summed E-state index contributed by atoms with van der Waals surface area (Å²) in [5.74, 6) is -1.07. The molecule has 0 aromatic heterocycles. The third kappa shape index (κ3) is 3.68. The van der Waals surface area contributed by atoms with Crippen molar-refractivity contribution in [1.82, 2.24) is 10.6 Å². The quantitative estimate of drug-likeness (QED) is 0.402. The smallest absolute Gasteiger partial charge is 0.249 e. The van der Waals surface area contributed by atoms with Gasteiger partial charge in [0.1, 0.15) is 6.04 Å². The maximum atomic E-state index is 11.3. The molecule has 1 saturated heterocycles. The third-order valence-corrected chi connectivity index (χ3v) is 2.11. The molecule has 1 aliphatic heterocycles. The average Bonchev–Trinajstić information content (AvgIpc) is 2.23. The highest BCUT2D eigenvalue weighted by molar-refractivity contribution is 6.02. The number of hydrogen-bond acceptors (Lipinski definition) is 3. The van der Waals surface area contributed by atoms with Crippen LogP contribution in [0.1, 0.15) is 19.8 Å². The van der Waals surface area contributed by atoms with Crippen LogP contribution in [0.3, 0.4) is 0 Å². The Hall–Kier alpha value is -1.91. The Morgan fingerprint density at radius 2 is 2.19 bits per heavy atom. The molecular formula is C11H14N2O3. The monoisotopic (exact) mass is 222 g/mol. The summed E-state index contributed by atoms with van der Waals surface area (Å²) < 4.78 is 0. The second-order valence-corrected chi connectivity index (χ2v) is 3.40. The predicted octanol–water partition coefficient (Wildman–Crippen LogP) is 0.0401. The Bertz CT molecular complexity index is 358. The SMILES string of the molecule is CC=CC=CC(=O)NC1CCC(=O)NC1=O. The second kappa shape index (κ2) is 5.85. The van der Waals surface area contributed by atoms with Gasteiger partial charge in [0.2, 0.25) is 17.7 Å². The summed E-state index contributed by atoms with van der Waals surface area (Å²) in [5.41, 5.74) is 0. The fraction of sp³-hybridized carbons (Fsp3) is 0.364. The first-order valence-corrected chi connectivity index (χ1v) is 5.07. The number of piperidine rings is 1. The molecule has 0 saturated carbocycles. The fourth-order valence-corrected chi connectivity index (χ4v) is 1.31. The van der Waals surface area contributed by atoms with Crippen LogP contribution in [0.2, 0.25) is 0 Å². The Labute approximate surface area is 93.6 Å². The van der Waals surface area contributed by atoms with Gasteiger partial charge in [-0.15, -0.1) is 0 Å². The first-order valence-electron chi connectivity index (χ1n) is 5.07. The molecule has 1 atom stereocenters. The Morgan fingerprint density at radius 3 is 2.81 bits per heavy atom. The van der Waals surface area contributed by atoms with Crippen LogP contribution in [0.4, 0.5) is 0 Å². The lowest BCUT2D eigenvalue weighted by Crippen LogP contribution is -2.51. The normalized spacial score (nSPS) is 21.4. The summed E-state index contributed by atoms with van der Waals surface area (Å²) in [6, 6.07) is -0.611. The van der Waals surface area contributed by atoms with Crippen LogP contribution < -0.4 is 10.6 Å². The molecule has 0 aliphatic carbocycles. The maximum absolute atomic E-state index is 11.3. The Morgan fingerprint density at radius 1 is 1.44 bits per heavy atom. The van der Waals surface area contributed by atoms with Gasteiger partial charge < -0.3 is 5.32 Å². The van der Waals surface area contributed by atoms with E-state index in [1.54, 1.807) is 18.2 Å². The summed E-state index contributed by atoms with van der Waals surface area (Å²) in [6.45, 7) is 1.84. The summed E-state index contributed by atoms with van der Waals surface area (Å²) in [5, 5.41) is 4.70. The molecule has 1 heterocycles. The van der Waals surface area contributed by atoms with Crippen LogP contribution in [0.25, 0.3) is 0 Å². The van der Waals surface area contributed by atoms with Gasteiger partial charge >= 0.3 is 0 Å². The van der Waals surface area contributed by atoms with E-state index in [2.05, 4.69) is 10.6 Å². The maximum Gasteiger partial charge on any atom is 0.249 e. The summed E-state index contributed by atoms with van der Waals surface area (Å²) in [6.07, 6.45) is 7.04. The van der Waals surface area contributed by atoms with E-state index < -0.39 is 11.9 Å². The van der Waals surface area contributed by atoms with Crippen molar-refractivity contribution in [2.75, 3.05) is 0 Å². The fourth-order valence-electron chi connectivity index (χ4n) is 1.31. The number of amides is 3. The topological polar surface area (TPSA) is 75.3 Å². The van der Waals surface area contributed by atoms with Gasteiger partial charge in [-0.1, -0.05) is 18.2 Å². The van der Waals surface area contributed by atoms with Gasteiger partial charge in [0.25, 0.3) is 0 Å². The molecule has 1 fully saturated rings. The van der Waals surface area contributed by atoms with Gasteiger partial charge in [-0.25, -0.2) is 0 Å². The molecule has 0 bridgehead atoms. The van der Waals surface area contributed by atoms with Crippen molar-refractivity contribution in [2.45, 2.75) is 25.8 Å². The number of carbonyl (C=O) groups excluding carboxylic acids is 3. The molecule has 0 aromatic rings. The highest BCUT2D eigenvalue weighted by atomic mass is 16.2. The van der Waals surface area contributed by atoms with E-state index >= 15 is 0 Å². The van der Waals surface area contributed by atoms with Gasteiger partial charge in [0, 0.05) is 12.5 Å². The van der Waals surface area contributed by atoms with E-state index in [1.165, 1.54) is 6.08 Å². The molecule has 1 aliphatic rings. The largest absolute Gasteiger partial charge is 0.341 e. The predicted molar refractivity (Wildman–Crippen MR) is 58.3 cm³/mol. The number of rotatable bonds is 3. The number of carbonyl (C=O) groups is 3. The van der Waals surface area contributed by atoms with Gasteiger partial charge in [-0.3, -0.25) is 19.7 Å². The van der Waals surface area contributed by atoms with Crippen molar-refractivity contribution in [3.8, 4) is 0 Å².